The zero-order valence-corrected chi connectivity index (χ0v) is 22.8. The zero-order valence-electron chi connectivity index (χ0n) is 22.8. The molecule has 4 rings (SSSR count). The largest absolute Gasteiger partial charge is 0.496 e. The lowest BCUT2D eigenvalue weighted by Gasteiger charge is -2.43. The van der Waals surface area contributed by atoms with E-state index in [0.717, 1.165) is 43.5 Å². The summed E-state index contributed by atoms with van der Waals surface area (Å²) in [7, 11) is 5.64. The van der Waals surface area contributed by atoms with E-state index in [0.29, 0.717) is 18.9 Å². The van der Waals surface area contributed by atoms with Crippen molar-refractivity contribution in [3.05, 3.63) is 59.2 Å². The van der Waals surface area contributed by atoms with Crippen LogP contribution in [0, 0.1) is 11.8 Å². The van der Waals surface area contributed by atoms with Gasteiger partial charge in [0.25, 0.3) is 0 Å². The van der Waals surface area contributed by atoms with E-state index in [4.69, 9.17) is 9.47 Å². The van der Waals surface area contributed by atoms with Crippen LogP contribution in [-0.4, -0.2) is 68.1 Å². The maximum Gasteiger partial charge on any atom is 0.246 e. The molecule has 7 heteroatoms. The van der Waals surface area contributed by atoms with Crippen LogP contribution in [0.15, 0.2) is 42.5 Å². The van der Waals surface area contributed by atoms with Crippen LogP contribution in [0.1, 0.15) is 43.4 Å². The molecule has 1 aliphatic heterocycles. The van der Waals surface area contributed by atoms with Crippen LogP contribution < -0.4 is 14.8 Å². The molecule has 2 aromatic rings. The summed E-state index contributed by atoms with van der Waals surface area (Å²) in [6.45, 7) is 5.88. The minimum Gasteiger partial charge on any atom is -0.496 e. The predicted octanol–water partition coefficient (Wildman–Crippen LogP) is 3.68. The highest BCUT2D eigenvalue weighted by molar-refractivity contribution is 5.97. The fourth-order valence-corrected chi connectivity index (χ4v) is 5.76. The summed E-state index contributed by atoms with van der Waals surface area (Å²) in [6, 6.07) is 13.1. The maximum absolute atomic E-state index is 14.1. The van der Waals surface area contributed by atoms with Crippen LogP contribution >= 0.6 is 0 Å². The number of nitrogens with zero attached hydrogens (tertiary/aromatic N) is 2. The number of rotatable bonds is 11. The molecule has 2 atom stereocenters. The quantitative estimate of drug-likeness (QED) is 0.503. The van der Waals surface area contributed by atoms with Gasteiger partial charge in [0.15, 0.2) is 0 Å². The Bertz CT molecular complexity index is 1070. The Morgan fingerprint density at radius 3 is 2.32 bits per heavy atom. The maximum atomic E-state index is 14.1. The van der Waals surface area contributed by atoms with E-state index in [1.165, 1.54) is 11.1 Å². The second-order valence-corrected chi connectivity index (χ2v) is 10.5. The van der Waals surface area contributed by atoms with Crippen LogP contribution in [-0.2, 0) is 29.0 Å². The number of piperazine rings is 1. The Balaban J connectivity index is 1.59. The van der Waals surface area contributed by atoms with E-state index in [1.807, 2.05) is 49.3 Å². The van der Waals surface area contributed by atoms with Crippen LogP contribution in [0.25, 0.3) is 0 Å². The third-order valence-corrected chi connectivity index (χ3v) is 7.91. The molecule has 2 amide bonds. The summed E-state index contributed by atoms with van der Waals surface area (Å²) in [5.74, 6) is 1.50. The lowest BCUT2D eigenvalue weighted by molar-refractivity contribution is -0.154. The number of ether oxygens (including phenoxy) is 2. The first kappa shape index (κ1) is 27.0. The fraction of sp³-hybridized carbons (Fsp3) is 0.533. The van der Waals surface area contributed by atoms with Gasteiger partial charge in [0.2, 0.25) is 11.8 Å². The van der Waals surface area contributed by atoms with Gasteiger partial charge < -0.3 is 24.6 Å². The summed E-state index contributed by atoms with van der Waals surface area (Å²) in [6.07, 6.45) is 3.26. The summed E-state index contributed by atoms with van der Waals surface area (Å²) < 4.78 is 11.6. The Labute approximate surface area is 221 Å². The van der Waals surface area contributed by atoms with Gasteiger partial charge in [-0.15, -0.1) is 0 Å². The van der Waals surface area contributed by atoms with Crippen molar-refractivity contribution in [2.45, 2.75) is 58.2 Å². The molecule has 2 aliphatic rings. The smallest absolute Gasteiger partial charge is 0.246 e. The number of hydrogen-bond donors (Lipinski definition) is 1. The SMILES string of the molecule is CCC(CC)C1C(=O)NC(C2Cc3ccccc3C2)C(=O)N1Cc1ccc(OCCN(C)C)cc1OC. The standard InChI is InChI=1S/C30H41N3O4/c1-6-20(7-2)28-29(34)31-27(24-16-21-10-8-9-11-22(21)17-24)30(35)33(28)19-23-12-13-25(18-26(23)36-5)37-15-14-32(3)4/h8-13,18,20,24,27-28H,6-7,14-17,19H2,1-5H3,(H,31,34). The van der Waals surface area contributed by atoms with Gasteiger partial charge >= 0.3 is 0 Å². The van der Waals surface area contributed by atoms with Crippen LogP contribution in [0.3, 0.4) is 0 Å². The van der Waals surface area contributed by atoms with E-state index in [9.17, 15) is 9.59 Å². The molecule has 0 bridgehead atoms. The van der Waals surface area contributed by atoms with Gasteiger partial charge in [-0.1, -0.05) is 51.0 Å². The van der Waals surface area contributed by atoms with Crippen LogP contribution in [0.5, 0.6) is 11.5 Å². The third-order valence-electron chi connectivity index (χ3n) is 7.91. The normalized spacial score (nSPS) is 19.9. The van der Waals surface area contributed by atoms with Crippen molar-refractivity contribution in [2.75, 3.05) is 34.4 Å². The number of carbonyl (C=O) groups is 2. The number of methoxy groups -OCH3 is 1. The summed E-state index contributed by atoms with van der Waals surface area (Å²) in [5, 5.41) is 3.14. The molecular formula is C30H41N3O4. The van der Waals surface area contributed by atoms with Gasteiger partial charge in [-0.2, -0.15) is 0 Å². The first-order valence-electron chi connectivity index (χ1n) is 13.5. The van der Waals surface area contributed by atoms with Gasteiger partial charge in [0, 0.05) is 18.2 Å². The van der Waals surface area contributed by atoms with Gasteiger partial charge in [-0.05, 0) is 62.0 Å². The lowest BCUT2D eigenvalue weighted by atomic mass is 9.86. The number of likely N-dealkylation sites (N-methyl/N-ethyl adjacent to an activating group) is 1. The lowest BCUT2D eigenvalue weighted by Crippen LogP contribution is -2.66. The van der Waals surface area contributed by atoms with Gasteiger partial charge in [0.05, 0.1) is 13.7 Å². The molecule has 7 nitrogen and oxygen atoms in total. The van der Waals surface area contributed by atoms with Crippen LogP contribution in [0.4, 0.5) is 0 Å². The van der Waals surface area contributed by atoms with Gasteiger partial charge in [-0.25, -0.2) is 0 Å². The van der Waals surface area contributed by atoms with Crippen molar-refractivity contribution in [3.63, 3.8) is 0 Å². The van der Waals surface area contributed by atoms with E-state index < -0.39 is 12.1 Å². The average molecular weight is 508 g/mol. The highest BCUT2D eigenvalue weighted by Gasteiger charge is 2.47. The molecule has 0 saturated carbocycles. The molecule has 0 spiro atoms. The van der Waals surface area contributed by atoms with Crippen molar-refractivity contribution < 1.29 is 19.1 Å². The van der Waals surface area contributed by atoms with E-state index in [2.05, 4.69) is 36.2 Å². The number of benzene rings is 2. The number of fused-ring (bicyclic) bond motifs is 1. The molecular weight excluding hydrogens is 466 g/mol. The Morgan fingerprint density at radius 2 is 1.73 bits per heavy atom. The number of carbonyl (C=O) groups excluding carboxylic acids is 2. The van der Waals surface area contributed by atoms with Gasteiger partial charge in [0.1, 0.15) is 30.2 Å². The summed E-state index contributed by atoms with van der Waals surface area (Å²) in [5.41, 5.74) is 3.42. The molecule has 200 valence electrons. The summed E-state index contributed by atoms with van der Waals surface area (Å²) >= 11 is 0. The second-order valence-electron chi connectivity index (χ2n) is 10.5. The minimum atomic E-state index is -0.523. The highest BCUT2D eigenvalue weighted by Crippen LogP contribution is 2.34. The Morgan fingerprint density at radius 1 is 1.05 bits per heavy atom. The Hall–Kier alpha value is -3.06. The molecule has 2 unspecified atom stereocenters. The topological polar surface area (TPSA) is 71.1 Å². The molecule has 1 N–H and O–H groups in total. The number of hydrogen-bond acceptors (Lipinski definition) is 5. The molecule has 1 fully saturated rings. The van der Waals surface area contributed by atoms with Crippen LogP contribution in [0.2, 0.25) is 0 Å². The molecule has 0 aromatic heterocycles. The third kappa shape index (κ3) is 5.93. The van der Waals surface area contributed by atoms with Crippen molar-refractivity contribution in [1.29, 1.82) is 0 Å². The summed E-state index contributed by atoms with van der Waals surface area (Å²) in [4.78, 5) is 31.5. The van der Waals surface area contributed by atoms with Crippen molar-refractivity contribution in [2.24, 2.45) is 11.8 Å². The highest BCUT2D eigenvalue weighted by atomic mass is 16.5. The number of amides is 2. The predicted molar refractivity (Wildman–Crippen MR) is 145 cm³/mol. The fourth-order valence-electron chi connectivity index (χ4n) is 5.76. The number of nitrogens with one attached hydrogen (secondary N) is 1. The first-order valence-corrected chi connectivity index (χ1v) is 13.5. The zero-order chi connectivity index (χ0) is 26.5. The van der Waals surface area contributed by atoms with Gasteiger partial charge in [-0.3, -0.25) is 9.59 Å². The van der Waals surface area contributed by atoms with E-state index in [-0.39, 0.29) is 23.7 Å². The molecule has 2 aromatic carbocycles. The Kier molecular flexibility index (Phi) is 8.75. The van der Waals surface area contributed by atoms with Crippen molar-refractivity contribution in [3.8, 4) is 11.5 Å². The van der Waals surface area contributed by atoms with E-state index in [1.54, 1.807) is 7.11 Å². The molecule has 1 aliphatic carbocycles. The van der Waals surface area contributed by atoms with Crippen molar-refractivity contribution >= 4 is 11.8 Å². The second kappa shape index (κ2) is 12.0. The van der Waals surface area contributed by atoms with Crippen molar-refractivity contribution in [1.82, 2.24) is 15.1 Å². The van der Waals surface area contributed by atoms with E-state index >= 15 is 0 Å². The molecule has 1 saturated heterocycles. The monoisotopic (exact) mass is 507 g/mol. The molecule has 0 radical (unpaired) electrons. The minimum absolute atomic E-state index is 0.00247. The molecule has 37 heavy (non-hydrogen) atoms. The first-order chi connectivity index (χ1) is 17.9. The molecule has 1 heterocycles. The average Bonchev–Trinajstić information content (AvgIpc) is 3.32.